The van der Waals surface area contributed by atoms with Crippen molar-refractivity contribution in [2.75, 3.05) is 0 Å². The van der Waals surface area contributed by atoms with Gasteiger partial charge in [-0.1, -0.05) is 18.7 Å². The standard InChI is InChI=1S/C25H39NO5/c1-14-10-19-20-7-4-6-17-11-18(28)12-21(17)25(20,26)13-24(19)31-16(3)22(29)8-5-9-23(30-14)15(2)27/h4,7,13,15-23,27-29H,1,5-6,8-12,26H2,2-3H3. The number of hydrogen-bond acceptors (Lipinski definition) is 6. The second-order valence-corrected chi connectivity index (χ2v) is 10.3. The molecule has 3 aliphatic carbocycles. The Morgan fingerprint density at radius 1 is 1.23 bits per heavy atom. The predicted molar refractivity (Wildman–Crippen MR) is 119 cm³/mol. The van der Waals surface area contributed by atoms with Gasteiger partial charge in [0.15, 0.2) is 0 Å². The minimum Gasteiger partial charge on any atom is -0.493 e. The van der Waals surface area contributed by atoms with E-state index in [9.17, 15) is 15.3 Å². The highest BCUT2D eigenvalue weighted by atomic mass is 16.5. The van der Waals surface area contributed by atoms with E-state index in [1.165, 1.54) is 0 Å². The van der Waals surface area contributed by atoms with Crippen LogP contribution in [-0.2, 0) is 9.47 Å². The van der Waals surface area contributed by atoms with E-state index in [2.05, 4.69) is 24.8 Å². The van der Waals surface area contributed by atoms with Crippen LogP contribution in [0.25, 0.3) is 0 Å². The Morgan fingerprint density at radius 3 is 2.74 bits per heavy atom. The van der Waals surface area contributed by atoms with E-state index in [-0.39, 0.29) is 36.1 Å². The molecule has 10 unspecified atom stereocenters. The summed E-state index contributed by atoms with van der Waals surface area (Å²) in [6, 6.07) is 0. The number of aliphatic hydroxyl groups is 3. The third-order valence-electron chi connectivity index (χ3n) is 8.02. The van der Waals surface area contributed by atoms with Crippen LogP contribution in [0.5, 0.6) is 0 Å². The molecule has 6 nitrogen and oxygen atoms in total. The molecule has 2 fully saturated rings. The van der Waals surface area contributed by atoms with Crippen LogP contribution in [0.2, 0.25) is 0 Å². The first kappa shape index (κ1) is 22.8. The lowest BCUT2D eigenvalue weighted by Crippen LogP contribution is -2.51. The van der Waals surface area contributed by atoms with Crippen LogP contribution in [0.3, 0.4) is 0 Å². The van der Waals surface area contributed by atoms with Crippen LogP contribution in [0.1, 0.15) is 58.8 Å². The zero-order chi connectivity index (χ0) is 22.3. The second-order valence-electron chi connectivity index (χ2n) is 10.3. The normalized spacial score (nSPS) is 46.8. The van der Waals surface area contributed by atoms with Gasteiger partial charge in [0, 0.05) is 23.8 Å². The molecule has 10 atom stereocenters. The van der Waals surface area contributed by atoms with E-state index in [0.717, 1.165) is 25.0 Å². The van der Waals surface area contributed by atoms with Crippen LogP contribution < -0.4 is 5.73 Å². The largest absolute Gasteiger partial charge is 0.493 e. The summed E-state index contributed by atoms with van der Waals surface area (Å²) in [6.07, 6.45) is 9.21. The fraction of sp³-hybridized carbons (Fsp3) is 0.760. The van der Waals surface area contributed by atoms with Gasteiger partial charge in [0.1, 0.15) is 12.2 Å². The van der Waals surface area contributed by atoms with Crippen molar-refractivity contribution in [1.82, 2.24) is 0 Å². The molecule has 1 heterocycles. The molecule has 6 heteroatoms. The van der Waals surface area contributed by atoms with E-state index < -0.39 is 17.7 Å². The van der Waals surface area contributed by atoms with Crippen LogP contribution in [0.15, 0.2) is 36.3 Å². The van der Waals surface area contributed by atoms with E-state index in [4.69, 9.17) is 15.2 Å². The molecule has 0 aromatic carbocycles. The molecule has 1 aliphatic heterocycles. The van der Waals surface area contributed by atoms with Crippen LogP contribution in [0.4, 0.5) is 0 Å². The molecule has 0 aromatic heterocycles. The first-order valence-corrected chi connectivity index (χ1v) is 11.9. The first-order valence-electron chi connectivity index (χ1n) is 11.9. The Kier molecular flexibility index (Phi) is 6.55. The molecule has 31 heavy (non-hydrogen) atoms. The minimum atomic E-state index is -0.615. The minimum absolute atomic E-state index is 0.0143. The van der Waals surface area contributed by atoms with Crippen LogP contribution >= 0.6 is 0 Å². The fourth-order valence-corrected chi connectivity index (χ4v) is 6.31. The smallest absolute Gasteiger partial charge is 0.124 e. The third kappa shape index (κ3) is 4.45. The molecule has 0 spiro atoms. The third-order valence-corrected chi connectivity index (χ3v) is 8.02. The average Bonchev–Trinajstić information content (AvgIpc) is 3.15. The van der Waals surface area contributed by atoms with Crippen LogP contribution in [0, 0.1) is 23.7 Å². The Balaban J connectivity index is 1.67. The Bertz CT molecular complexity index is 733. The van der Waals surface area contributed by atoms with Crippen molar-refractivity contribution in [1.29, 1.82) is 0 Å². The topological polar surface area (TPSA) is 105 Å². The van der Waals surface area contributed by atoms with Gasteiger partial charge in [-0.25, -0.2) is 0 Å². The second kappa shape index (κ2) is 8.89. The van der Waals surface area contributed by atoms with Gasteiger partial charge < -0.3 is 30.5 Å². The van der Waals surface area contributed by atoms with Gasteiger partial charge in [-0.05, 0) is 70.3 Å². The molecule has 4 aliphatic rings. The van der Waals surface area contributed by atoms with Crippen molar-refractivity contribution >= 4 is 0 Å². The molecule has 0 amide bonds. The Morgan fingerprint density at radius 2 is 2.00 bits per heavy atom. The van der Waals surface area contributed by atoms with Gasteiger partial charge in [0.2, 0.25) is 0 Å². The lowest BCUT2D eigenvalue weighted by molar-refractivity contribution is -0.0309. The molecule has 0 aromatic rings. The molecule has 4 rings (SSSR count). The summed E-state index contributed by atoms with van der Waals surface area (Å²) < 4.78 is 12.4. The number of allylic oxidation sites excluding steroid dienone is 3. The van der Waals surface area contributed by atoms with Crippen LogP contribution in [-0.4, -0.2) is 51.4 Å². The van der Waals surface area contributed by atoms with Crippen molar-refractivity contribution in [3.63, 3.8) is 0 Å². The quantitative estimate of drug-likeness (QED) is 0.474. The van der Waals surface area contributed by atoms with E-state index in [0.29, 0.717) is 37.4 Å². The Labute approximate surface area is 185 Å². The van der Waals surface area contributed by atoms with Crippen molar-refractivity contribution in [2.45, 2.75) is 94.9 Å². The highest BCUT2D eigenvalue weighted by Crippen LogP contribution is 2.54. The molecular formula is C25H39NO5. The number of ether oxygens (including phenoxy) is 2. The van der Waals surface area contributed by atoms with Gasteiger partial charge >= 0.3 is 0 Å². The summed E-state index contributed by atoms with van der Waals surface area (Å²) in [4.78, 5) is 0. The Hall–Kier alpha value is -1.34. The SMILES string of the molecule is C=C1CC2C(=CC3(N)C2C=CCC2CC(O)CC23)OC(C)C(O)CCCC(C(C)O)O1. The van der Waals surface area contributed by atoms with E-state index >= 15 is 0 Å². The summed E-state index contributed by atoms with van der Waals surface area (Å²) in [6.45, 7) is 7.80. The van der Waals surface area contributed by atoms with Gasteiger partial charge in [-0.15, -0.1) is 0 Å². The molecule has 0 bridgehead atoms. The summed E-state index contributed by atoms with van der Waals surface area (Å²) in [5.41, 5.74) is 6.52. The maximum atomic E-state index is 10.7. The van der Waals surface area contributed by atoms with Gasteiger partial charge in [-0.3, -0.25) is 0 Å². The number of fused-ring (bicyclic) bond motifs is 5. The number of nitrogens with two attached hydrogens (primary N) is 1. The van der Waals surface area contributed by atoms with Crippen molar-refractivity contribution < 1.29 is 24.8 Å². The van der Waals surface area contributed by atoms with Crippen molar-refractivity contribution in [2.24, 2.45) is 29.4 Å². The molecule has 174 valence electrons. The highest BCUT2D eigenvalue weighted by molar-refractivity contribution is 5.33. The lowest BCUT2D eigenvalue weighted by Gasteiger charge is -2.38. The molecule has 1 saturated carbocycles. The summed E-state index contributed by atoms with van der Waals surface area (Å²) in [5.74, 6) is 1.94. The zero-order valence-electron chi connectivity index (χ0n) is 18.8. The number of hydrogen-bond donors (Lipinski definition) is 4. The monoisotopic (exact) mass is 433 g/mol. The highest BCUT2D eigenvalue weighted by Gasteiger charge is 2.55. The van der Waals surface area contributed by atoms with Crippen molar-refractivity contribution in [3.8, 4) is 0 Å². The fourth-order valence-electron chi connectivity index (χ4n) is 6.31. The van der Waals surface area contributed by atoms with Crippen molar-refractivity contribution in [3.05, 3.63) is 36.3 Å². The lowest BCUT2D eigenvalue weighted by atomic mass is 9.70. The summed E-state index contributed by atoms with van der Waals surface area (Å²) in [5, 5.41) is 31.2. The molecule has 0 radical (unpaired) electrons. The first-order chi connectivity index (χ1) is 14.7. The van der Waals surface area contributed by atoms with Gasteiger partial charge in [0.25, 0.3) is 0 Å². The van der Waals surface area contributed by atoms with Gasteiger partial charge in [0.05, 0.1) is 29.8 Å². The maximum Gasteiger partial charge on any atom is 0.124 e. The number of aliphatic hydroxyl groups excluding tert-OH is 3. The van der Waals surface area contributed by atoms with Gasteiger partial charge in [-0.2, -0.15) is 0 Å². The maximum absolute atomic E-state index is 10.7. The zero-order valence-corrected chi connectivity index (χ0v) is 18.8. The molecular weight excluding hydrogens is 394 g/mol. The number of rotatable bonds is 1. The molecule has 5 N–H and O–H groups in total. The van der Waals surface area contributed by atoms with E-state index in [1.807, 2.05) is 6.92 Å². The summed E-state index contributed by atoms with van der Waals surface area (Å²) >= 11 is 0. The molecule has 1 saturated heterocycles. The van der Waals surface area contributed by atoms with E-state index in [1.54, 1.807) is 6.92 Å². The summed E-state index contributed by atoms with van der Waals surface area (Å²) in [7, 11) is 0. The predicted octanol–water partition coefficient (Wildman–Crippen LogP) is 2.78. The average molecular weight is 434 g/mol.